The van der Waals surface area contributed by atoms with Crippen LogP contribution in [0.3, 0.4) is 0 Å². The molecule has 0 bridgehead atoms. The van der Waals surface area contributed by atoms with Gasteiger partial charge < -0.3 is 14.8 Å². The lowest BCUT2D eigenvalue weighted by Crippen LogP contribution is -2.41. The number of rotatable bonds is 5. The van der Waals surface area contributed by atoms with E-state index in [9.17, 15) is 9.18 Å². The van der Waals surface area contributed by atoms with Crippen molar-refractivity contribution < 1.29 is 18.7 Å². The number of hydrogen-bond donors (Lipinski definition) is 1. The third kappa shape index (κ3) is 4.46. The maximum absolute atomic E-state index is 14.8. The van der Waals surface area contributed by atoms with Crippen LogP contribution in [0.1, 0.15) is 25.5 Å². The number of likely N-dealkylation sites (tertiary alicyclic amines) is 1. The second-order valence-electron chi connectivity index (χ2n) is 6.50. The third-order valence-corrected chi connectivity index (χ3v) is 5.88. The Hall–Kier alpha value is -1.42. The van der Waals surface area contributed by atoms with Crippen molar-refractivity contribution >= 4 is 39.8 Å². The quantitative estimate of drug-likeness (QED) is 0.402. The van der Waals surface area contributed by atoms with Gasteiger partial charge in [-0.25, -0.2) is 9.37 Å². The Morgan fingerprint density at radius 2 is 2.19 bits per heavy atom. The van der Waals surface area contributed by atoms with Crippen molar-refractivity contribution in [2.45, 2.75) is 29.8 Å². The minimum Gasteiger partial charge on any atom is -0.481 e. The molecule has 0 saturated carbocycles. The molecule has 1 aromatic rings. The molecule has 1 atom stereocenters. The van der Waals surface area contributed by atoms with Crippen LogP contribution in [0.4, 0.5) is 10.1 Å². The van der Waals surface area contributed by atoms with E-state index in [1.165, 1.54) is 14.0 Å². The number of anilines is 1. The van der Waals surface area contributed by atoms with Crippen LogP contribution in [-0.4, -0.2) is 59.2 Å². The topological polar surface area (TPSA) is 63.7 Å². The van der Waals surface area contributed by atoms with Gasteiger partial charge in [-0.15, -0.1) is 0 Å². The Morgan fingerprint density at radius 3 is 2.85 bits per heavy atom. The Bertz CT molecular complexity index is 705. The first-order chi connectivity index (χ1) is 12.5. The number of ether oxygens (including phenoxy) is 2. The Labute approximate surface area is 166 Å². The van der Waals surface area contributed by atoms with Crippen molar-refractivity contribution in [1.82, 2.24) is 9.88 Å². The van der Waals surface area contributed by atoms with E-state index in [1.807, 2.05) is 0 Å². The summed E-state index contributed by atoms with van der Waals surface area (Å²) in [5, 5.41) is 3.01. The molecule has 0 amide bonds. The summed E-state index contributed by atoms with van der Waals surface area (Å²) >= 11 is 2.46. The smallest absolute Gasteiger partial charge is 0.303 e. The number of hydrogen-bond acceptors (Lipinski definition) is 6. The minimum absolute atomic E-state index is 0.0595. The number of carbonyl (C=O) groups is 1. The highest BCUT2D eigenvalue weighted by atomic mass is 127. The lowest BCUT2D eigenvalue weighted by molar-refractivity contribution is -0.144. The Kier molecular flexibility index (Phi) is 6.33. The van der Waals surface area contributed by atoms with Crippen LogP contribution in [-0.2, 0) is 9.53 Å². The van der Waals surface area contributed by atoms with E-state index < -0.39 is 12.1 Å². The maximum atomic E-state index is 14.8. The lowest BCUT2D eigenvalue weighted by Gasteiger charge is -2.34. The SMILES string of the molecule is COc1ccc2c(n1)C(C(CN1CCC(I)CC1)OC(C)=O)=C(F)CN2. The first kappa shape index (κ1) is 19.3. The molecule has 1 N–H and O–H groups in total. The molecule has 2 aliphatic rings. The highest BCUT2D eigenvalue weighted by molar-refractivity contribution is 14.1. The summed E-state index contributed by atoms with van der Waals surface area (Å²) in [6, 6.07) is 3.53. The average Bonchev–Trinajstić information content (AvgIpc) is 2.62. The summed E-state index contributed by atoms with van der Waals surface area (Å²) < 4.78 is 26.2. The van der Waals surface area contributed by atoms with Gasteiger partial charge in [0.25, 0.3) is 0 Å². The molecule has 1 aromatic heterocycles. The summed E-state index contributed by atoms with van der Waals surface area (Å²) in [5.74, 6) is -0.389. The van der Waals surface area contributed by atoms with Crippen LogP contribution >= 0.6 is 22.6 Å². The number of pyridine rings is 1. The van der Waals surface area contributed by atoms with Crippen molar-refractivity contribution in [3.8, 4) is 5.88 Å². The van der Waals surface area contributed by atoms with Crippen LogP contribution < -0.4 is 10.1 Å². The molecule has 1 saturated heterocycles. The standard InChI is InChI=1S/C18H23FIN3O3/c1-11(24)26-15(10-23-7-5-12(20)6-8-23)17-13(19)9-21-14-3-4-16(25-2)22-18(14)17/h3-4,12,15,21H,5-10H2,1-2H3. The molecule has 3 heterocycles. The van der Waals surface area contributed by atoms with Crippen molar-refractivity contribution in [3.63, 3.8) is 0 Å². The molecule has 3 rings (SSSR count). The molecular formula is C18H23FIN3O3. The monoisotopic (exact) mass is 475 g/mol. The van der Waals surface area contributed by atoms with Crippen LogP contribution in [0, 0.1) is 0 Å². The fraction of sp³-hybridized carbons (Fsp3) is 0.556. The molecule has 26 heavy (non-hydrogen) atoms. The molecule has 142 valence electrons. The second-order valence-corrected chi connectivity index (χ2v) is 8.26. The lowest BCUT2D eigenvalue weighted by atomic mass is 9.98. The minimum atomic E-state index is -0.696. The molecule has 0 aliphatic carbocycles. The second kappa shape index (κ2) is 8.51. The van der Waals surface area contributed by atoms with E-state index in [0.29, 0.717) is 33.3 Å². The Balaban J connectivity index is 1.91. The predicted octanol–water partition coefficient (Wildman–Crippen LogP) is 3.03. The number of nitrogens with one attached hydrogen (secondary N) is 1. The number of aromatic nitrogens is 1. The van der Waals surface area contributed by atoms with E-state index in [0.717, 1.165) is 25.9 Å². The summed E-state index contributed by atoms with van der Waals surface area (Å²) in [6.07, 6.45) is 1.47. The van der Waals surface area contributed by atoms with Gasteiger partial charge in [-0.05, 0) is 32.0 Å². The van der Waals surface area contributed by atoms with Crippen LogP contribution in [0.5, 0.6) is 5.88 Å². The normalized spacial score (nSPS) is 19.5. The number of nitrogens with zero attached hydrogens (tertiary/aromatic N) is 2. The summed E-state index contributed by atoms with van der Waals surface area (Å²) in [5.41, 5.74) is 1.50. The molecule has 0 spiro atoms. The van der Waals surface area contributed by atoms with Gasteiger partial charge in [-0.3, -0.25) is 9.69 Å². The average molecular weight is 475 g/mol. The van der Waals surface area contributed by atoms with Crippen LogP contribution in [0.25, 0.3) is 5.57 Å². The molecule has 1 fully saturated rings. The molecule has 0 aromatic carbocycles. The van der Waals surface area contributed by atoms with Gasteiger partial charge in [0, 0.05) is 23.5 Å². The maximum Gasteiger partial charge on any atom is 0.303 e. The van der Waals surface area contributed by atoms with Gasteiger partial charge in [-0.2, -0.15) is 0 Å². The molecular weight excluding hydrogens is 452 g/mol. The zero-order chi connectivity index (χ0) is 18.7. The van der Waals surface area contributed by atoms with Gasteiger partial charge in [0.15, 0.2) is 0 Å². The predicted molar refractivity (Wildman–Crippen MR) is 106 cm³/mol. The van der Waals surface area contributed by atoms with Crippen molar-refractivity contribution in [1.29, 1.82) is 0 Å². The third-order valence-electron chi connectivity index (χ3n) is 4.63. The number of fused-ring (bicyclic) bond motifs is 1. The Morgan fingerprint density at radius 1 is 1.46 bits per heavy atom. The fourth-order valence-corrected chi connectivity index (χ4v) is 3.89. The summed E-state index contributed by atoms with van der Waals surface area (Å²) in [4.78, 5) is 18.3. The van der Waals surface area contributed by atoms with Crippen molar-refractivity contribution in [2.75, 3.05) is 38.6 Å². The number of carbonyl (C=O) groups excluding carboxylic acids is 1. The summed E-state index contributed by atoms with van der Waals surface area (Å²) in [6.45, 7) is 3.70. The first-order valence-corrected chi connectivity index (χ1v) is 9.94. The van der Waals surface area contributed by atoms with Gasteiger partial charge in [-0.1, -0.05) is 22.6 Å². The largest absolute Gasteiger partial charge is 0.481 e. The zero-order valence-electron chi connectivity index (χ0n) is 14.9. The van der Waals surface area contributed by atoms with E-state index in [-0.39, 0.29) is 12.4 Å². The molecule has 1 unspecified atom stereocenters. The van der Waals surface area contributed by atoms with Gasteiger partial charge in [0.05, 0.1) is 30.6 Å². The first-order valence-electron chi connectivity index (χ1n) is 8.69. The number of esters is 1. The fourth-order valence-electron chi connectivity index (χ4n) is 3.33. The van der Waals surface area contributed by atoms with Crippen LogP contribution in [0.2, 0.25) is 0 Å². The van der Waals surface area contributed by atoms with E-state index in [2.05, 4.69) is 37.8 Å². The van der Waals surface area contributed by atoms with E-state index >= 15 is 0 Å². The number of methoxy groups -OCH3 is 1. The highest BCUT2D eigenvalue weighted by Crippen LogP contribution is 2.35. The zero-order valence-corrected chi connectivity index (χ0v) is 17.1. The van der Waals surface area contributed by atoms with Crippen LogP contribution in [0.15, 0.2) is 18.0 Å². The molecule has 6 nitrogen and oxygen atoms in total. The van der Waals surface area contributed by atoms with Gasteiger partial charge in [0.1, 0.15) is 11.9 Å². The molecule has 0 radical (unpaired) electrons. The highest BCUT2D eigenvalue weighted by Gasteiger charge is 2.32. The number of alkyl halides is 1. The van der Waals surface area contributed by atoms with Crippen molar-refractivity contribution in [2.24, 2.45) is 0 Å². The van der Waals surface area contributed by atoms with Gasteiger partial charge in [0.2, 0.25) is 5.88 Å². The molecule has 2 aliphatic heterocycles. The summed E-state index contributed by atoms with van der Waals surface area (Å²) in [7, 11) is 1.52. The number of piperidine rings is 1. The van der Waals surface area contributed by atoms with Crippen molar-refractivity contribution in [3.05, 3.63) is 23.7 Å². The van der Waals surface area contributed by atoms with E-state index in [4.69, 9.17) is 9.47 Å². The number of halogens is 2. The van der Waals surface area contributed by atoms with Gasteiger partial charge >= 0.3 is 5.97 Å². The molecule has 8 heteroatoms. The van der Waals surface area contributed by atoms with E-state index in [1.54, 1.807) is 12.1 Å².